The van der Waals surface area contributed by atoms with Crippen molar-refractivity contribution in [1.29, 1.82) is 0 Å². The molecular formula is C16H15ClN2O4. The molecule has 2 rings (SSSR count). The van der Waals surface area contributed by atoms with Gasteiger partial charge < -0.3 is 15.3 Å². The molecule has 1 N–H and O–H groups in total. The number of carbonyl (C=O) groups excluding carboxylic acids is 2. The molecule has 0 saturated heterocycles. The van der Waals surface area contributed by atoms with Crippen molar-refractivity contribution in [2.24, 2.45) is 0 Å². The van der Waals surface area contributed by atoms with Crippen LogP contribution in [0.2, 0.25) is 5.02 Å². The molecule has 0 aliphatic rings. The third-order valence-electron chi connectivity index (χ3n) is 3.10. The number of rotatable bonds is 5. The lowest BCUT2D eigenvalue weighted by molar-refractivity contribution is -0.608. The van der Waals surface area contributed by atoms with Crippen molar-refractivity contribution in [1.82, 2.24) is 5.32 Å². The molecule has 0 aliphatic heterocycles. The van der Waals surface area contributed by atoms with Gasteiger partial charge in [0.1, 0.15) is 0 Å². The van der Waals surface area contributed by atoms with Crippen LogP contribution < -0.4 is 10.0 Å². The number of halogens is 1. The topological polar surface area (TPSA) is 82.3 Å². The van der Waals surface area contributed by atoms with Gasteiger partial charge in [-0.05, 0) is 24.6 Å². The average molecular weight is 335 g/mol. The Morgan fingerprint density at radius 2 is 1.96 bits per heavy atom. The number of aromatic nitrogens is 1. The molecule has 0 aliphatic carbocycles. The molecule has 0 bridgehead atoms. The number of esters is 1. The highest BCUT2D eigenvalue weighted by Gasteiger charge is 2.23. The third-order valence-corrected chi connectivity index (χ3v) is 3.47. The number of nitrogens with zero attached hydrogens (tertiary/aromatic N) is 1. The number of hydrogen-bond donors (Lipinski definition) is 1. The zero-order valence-corrected chi connectivity index (χ0v) is 13.1. The Labute approximate surface area is 138 Å². The summed E-state index contributed by atoms with van der Waals surface area (Å²) in [7, 11) is 0. The van der Waals surface area contributed by atoms with Gasteiger partial charge in [-0.1, -0.05) is 29.8 Å². The minimum absolute atomic E-state index is 0.182. The first-order valence-electron chi connectivity index (χ1n) is 6.89. The van der Waals surface area contributed by atoms with Gasteiger partial charge in [0.2, 0.25) is 0 Å². The van der Waals surface area contributed by atoms with Crippen LogP contribution in [0.1, 0.15) is 23.0 Å². The molecule has 1 aromatic carbocycles. The molecule has 0 spiro atoms. The summed E-state index contributed by atoms with van der Waals surface area (Å²) in [6.07, 6.45) is 0.142. The van der Waals surface area contributed by atoms with Crippen LogP contribution in [0.5, 0.6) is 0 Å². The number of ether oxygens (including phenoxy) is 1. The predicted octanol–water partition coefficient (Wildman–Crippen LogP) is 1.84. The van der Waals surface area contributed by atoms with Crippen LogP contribution in [0.4, 0.5) is 0 Å². The summed E-state index contributed by atoms with van der Waals surface area (Å²) in [5.41, 5.74) is 0.569. The minimum Gasteiger partial charge on any atom is -0.618 e. The van der Waals surface area contributed by atoms with Crippen molar-refractivity contribution in [2.45, 2.75) is 19.6 Å². The Balaban J connectivity index is 1.91. The van der Waals surface area contributed by atoms with E-state index in [2.05, 4.69) is 5.32 Å². The lowest BCUT2D eigenvalue weighted by Crippen LogP contribution is -2.39. The molecule has 0 fully saturated rings. The van der Waals surface area contributed by atoms with E-state index in [-0.39, 0.29) is 12.2 Å². The van der Waals surface area contributed by atoms with Gasteiger partial charge in [-0.15, -0.1) is 0 Å². The molecule has 1 heterocycles. The van der Waals surface area contributed by atoms with E-state index < -0.39 is 18.0 Å². The summed E-state index contributed by atoms with van der Waals surface area (Å²) in [5, 5.41) is 14.6. The molecule has 0 radical (unpaired) electrons. The van der Waals surface area contributed by atoms with Gasteiger partial charge in [-0.25, -0.2) is 4.79 Å². The Hall–Kier alpha value is -2.60. The monoisotopic (exact) mass is 334 g/mol. The molecule has 0 saturated carbocycles. The molecular weight excluding hydrogens is 320 g/mol. The van der Waals surface area contributed by atoms with Crippen molar-refractivity contribution in [3.8, 4) is 0 Å². The maximum Gasteiger partial charge on any atom is 0.405 e. The molecule has 1 atom stereocenters. The van der Waals surface area contributed by atoms with Crippen molar-refractivity contribution in [2.75, 3.05) is 0 Å². The van der Waals surface area contributed by atoms with Crippen molar-refractivity contribution >= 4 is 23.5 Å². The van der Waals surface area contributed by atoms with Gasteiger partial charge >= 0.3 is 11.7 Å². The quantitative estimate of drug-likeness (QED) is 0.514. The fourth-order valence-electron chi connectivity index (χ4n) is 1.83. The fraction of sp³-hybridized carbons (Fsp3) is 0.188. The minimum atomic E-state index is -1.04. The highest BCUT2D eigenvalue weighted by Crippen LogP contribution is 2.14. The van der Waals surface area contributed by atoms with Gasteiger partial charge in [-0.2, -0.15) is 4.73 Å². The molecule has 1 aromatic heterocycles. The second kappa shape index (κ2) is 7.60. The van der Waals surface area contributed by atoms with Gasteiger partial charge in [0.15, 0.2) is 12.3 Å². The second-order valence-corrected chi connectivity index (χ2v) is 5.18. The van der Waals surface area contributed by atoms with E-state index in [1.807, 2.05) is 0 Å². The van der Waals surface area contributed by atoms with E-state index in [0.717, 1.165) is 5.56 Å². The van der Waals surface area contributed by atoms with Crippen LogP contribution in [0.15, 0.2) is 48.7 Å². The SMILES string of the molecule is C[C@H](OC(=O)c1cccc[n+]1[O-])C(=O)NCc1ccccc1Cl. The summed E-state index contributed by atoms with van der Waals surface area (Å²) >= 11 is 5.99. The Morgan fingerprint density at radius 3 is 2.65 bits per heavy atom. The maximum atomic E-state index is 12.0. The number of amides is 1. The van der Waals surface area contributed by atoms with E-state index in [1.165, 1.54) is 31.3 Å². The largest absolute Gasteiger partial charge is 0.618 e. The first kappa shape index (κ1) is 16.8. The lowest BCUT2D eigenvalue weighted by Gasteiger charge is -2.13. The summed E-state index contributed by atoms with van der Waals surface area (Å²) in [6.45, 7) is 1.64. The van der Waals surface area contributed by atoms with Crippen LogP contribution in [0.3, 0.4) is 0 Å². The summed E-state index contributed by atoms with van der Waals surface area (Å²) < 4.78 is 5.38. The van der Waals surface area contributed by atoms with Crippen LogP contribution >= 0.6 is 11.6 Å². The second-order valence-electron chi connectivity index (χ2n) is 4.77. The van der Waals surface area contributed by atoms with Gasteiger partial charge in [-0.3, -0.25) is 4.79 Å². The van der Waals surface area contributed by atoms with Gasteiger partial charge in [0.25, 0.3) is 5.91 Å². The van der Waals surface area contributed by atoms with Crippen molar-refractivity contribution < 1.29 is 19.1 Å². The summed E-state index contributed by atoms with van der Waals surface area (Å²) in [6, 6.07) is 11.4. The Morgan fingerprint density at radius 1 is 1.26 bits per heavy atom. The number of carbonyl (C=O) groups is 2. The highest BCUT2D eigenvalue weighted by atomic mass is 35.5. The van der Waals surface area contributed by atoms with Crippen LogP contribution in [-0.4, -0.2) is 18.0 Å². The molecule has 6 nitrogen and oxygen atoms in total. The summed E-state index contributed by atoms with van der Waals surface area (Å²) in [4.78, 5) is 23.8. The normalized spacial score (nSPS) is 11.6. The molecule has 7 heteroatoms. The number of pyridine rings is 1. The van der Waals surface area contributed by atoms with E-state index in [0.29, 0.717) is 9.75 Å². The Kier molecular flexibility index (Phi) is 5.54. The van der Waals surface area contributed by atoms with Crippen molar-refractivity contribution in [3.63, 3.8) is 0 Å². The number of benzene rings is 1. The van der Waals surface area contributed by atoms with Crippen LogP contribution in [0.25, 0.3) is 0 Å². The highest BCUT2D eigenvalue weighted by molar-refractivity contribution is 6.31. The van der Waals surface area contributed by atoms with E-state index in [4.69, 9.17) is 16.3 Å². The zero-order valence-electron chi connectivity index (χ0n) is 12.4. The van der Waals surface area contributed by atoms with E-state index in [1.54, 1.807) is 24.3 Å². The van der Waals surface area contributed by atoms with Gasteiger partial charge in [0.05, 0.1) is 0 Å². The number of nitrogens with one attached hydrogen (secondary N) is 1. The zero-order chi connectivity index (χ0) is 16.8. The van der Waals surface area contributed by atoms with E-state index >= 15 is 0 Å². The standard InChI is InChI=1S/C16H15ClN2O4/c1-11(23-16(21)14-8-4-5-9-19(14)22)15(20)18-10-12-6-2-3-7-13(12)17/h2-9,11H,10H2,1H3,(H,18,20)/t11-/m0/s1. The van der Waals surface area contributed by atoms with Crippen LogP contribution in [-0.2, 0) is 16.1 Å². The molecule has 0 unspecified atom stereocenters. The molecule has 2 aromatic rings. The fourth-order valence-corrected chi connectivity index (χ4v) is 2.03. The van der Waals surface area contributed by atoms with E-state index in [9.17, 15) is 14.8 Å². The predicted molar refractivity (Wildman–Crippen MR) is 83.6 cm³/mol. The van der Waals surface area contributed by atoms with Crippen LogP contribution in [0, 0.1) is 5.21 Å². The molecule has 1 amide bonds. The lowest BCUT2D eigenvalue weighted by atomic mass is 10.2. The molecule has 23 heavy (non-hydrogen) atoms. The van der Waals surface area contributed by atoms with Gasteiger partial charge in [0, 0.05) is 23.7 Å². The molecule has 120 valence electrons. The first-order valence-corrected chi connectivity index (χ1v) is 7.27. The third kappa shape index (κ3) is 4.43. The Bertz CT molecular complexity index is 721. The smallest absolute Gasteiger partial charge is 0.405 e. The summed E-state index contributed by atoms with van der Waals surface area (Å²) in [5.74, 6) is -1.34. The number of hydrogen-bond acceptors (Lipinski definition) is 4. The average Bonchev–Trinajstić information content (AvgIpc) is 2.54. The maximum absolute atomic E-state index is 12.0. The first-order chi connectivity index (χ1) is 11.0. The van der Waals surface area contributed by atoms with Crippen molar-refractivity contribution in [3.05, 3.63) is 70.1 Å².